The number of carbonyl (C=O) groups excluding carboxylic acids is 6. The van der Waals surface area contributed by atoms with Gasteiger partial charge >= 0.3 is 35.8 Å². The molecule has 0 spiro atoms. The van der Waals surface area contributed by atoms with Gasteiger partial charge in [-0.15, -0.1) is 0 Å². The van der Waals surface area contributed by atoms with E-state index in [9.17, 15) is 33.9 Å². The Morgan fingerprint density at radius 3 is 1.62 bits per heavy atom. The lowest BCUT2D eigenvalue weighted by atomic mass is 9.97. The number of esters is 6. The van der Waals surface area contributed by atoms with E-state index in [1.807, 2.05) is 0 Å². The van der Waals surface area contributed by atoms with E-state index >= 15 is 0 Å². The Morgan fingerprint density at radius 2 is 1.06 bits per heavy atom. The fourth-order valence-corrected chi connectivity index (χ4v) is 5.72. The summed E-state index contributed by atoms with van der Waals surface area (Å²) in [5.41, 5.74) is 0.869. The minimum absolute atomic E-state index is 0.0668. The van der Waals surface area contributed by atoms with Crippen molar-refractivity contribution in [1.29, 1.82) is 0 Å². The maximum absolute atomic E-state index is 13.1. The van der Waals surface area contributed by atoms with Crippen LogP contribution >= 0.6 is 0 Å². The van der Waals surface area contributed by atoms with Gasteiger partial charge in [0.2, 0.25) is 0 Å². The molecule has 2 saturated heterocycles. The number of ether oxygens (including phenoxy) is 10. The molecule has 2 heterocycles. The van der Waals surface area contributed by atoms with Crippen molar-refractivity contribution in [2.75, 3.05) is 13.2 Å². The summed E-state index contributed by atoms with van der Waals surface area (Å²) in [6.45, 7) is 4.33. The molecule has 0 aromatic heterocycles. The molecule has 10 atom stereocenters. The van der Waals surface area contributed by atoms with Gasteiger partial charge in [-0.05, 0) is 17.7 Å². The molecular weight excluding hydrogens is 704 g/mol. The van der Waals surface area contributed by atoms with Gasteiger partial charge in [-0.3, -0.25) is 24.0 Å². The van der Waals surface area contributed by atoms with Gasteiger partial charge in [-0.2, -0.15) is 0 Å². The fraction of sp³-hybridized carbons (Fsp3) is 0.500. The highest BCUT2D eigenvalue weighted by molar-refractivity contribution is 5.89. The van der Waals surface area contributed by atoms with Crippen molar-refractivity contribution in [1.82, 2.24) is 0 Å². The predicted octanol–water partition coefficient (Wildman–Crippen LogP) is 1.55. The van der Waals surface area contributed by atoms with Gasteiger partial charge in [-0.1, -0.05) is 48.5 Å². The molecule has 1 N–H and O–H groups in total. The first-order chi connectivity index (χ1) is 25.2. The summed E-state index contributed by atoms with van der Waals surface area (Å²) in [5, 5.41) is 11.3. The van der Waals surface area contributed by atoms with Crippen LogP contribution in [0.25, 0.3) is 0 Å². The van der Waals surface area contributed by atoms with E-state index in [-0.39, 0.29) is 12.2 Å². The summed E-state index contributed by atoms with van der Waals surface area (Å²) in [7, 11) is 0. The van der Waals surface area contributed by atoms with Crippen LogP contribution in [-0.2, 0) is 77.9 Å². The predicted molar refractivity (Wildman–Crippen MR) is 175 cm³/mol. The number of hydrogen-bond donors (Lipinski definition) is 1. The Kier molecular flexibility index (Phi) is 14.8. The number of aliphatic hydroxyl groups is 1. The normalized spacial score (nSPS) is 28.1. The van der Waals surface area contributed by atoms with Crippen molar-refractivity contribution < 1.29 is 81.2 Å². The molecule has 53 heavy (non-hydrogen) atoms. The molecule has 4 rings (SSSR count). The second-order valence-corrected chi connectivity index (χ2v) is 12.0. The van der Waals surface area contributed by atoms with Gasteiger partial charge in [0, 0.05) is 34.6 Å². The zero-order valence-corrected chi connectivity index (χ0v) is 29.6. The Hall–Kier alpha value is -4.94. The summed E-state index contributed by atoms with van der Waals surface area (Å²) >= 11 is 0. The third-order valence-electron chi connectivity index (χ3n) is 7.82. The highest BCUT2D eigenvalue weighted by Crippen LogP contribution is 2.33. The Balaban J connectivity index is 1.66. The lowest BCUT2D eigenvalue weighted by Crippen LogP contribution is -2.64. The van der Waals surface area contributed by atoms with E-state index in [1.165, 1.54) is 12.1 Å². The quantitative estimate of drug-likeness (QED) is 0.214. The van der Waals surface area contributed by atoms with Crippen molar-refractivity contribution in [2.24, 2.45) is 0 Å². The number of carbonyl (C=O) groups is 6. The molecule has 17 heteroatoms. The summed E-state index contributed by atoms with van der Waals surface area (Å²) in [4.78, 5) is 73.9. The minimum Gasteiger partial charge on any atom is -0.463 e. The van der Waals surface area contributed by atoms with Gasteiger partial charge in [0.1, 0.15) is 24.9 Å². The van der Waals surface area contributed by atoms with Gasteiger partial charge in [0.25, 0.3) is 0 Å². The van der Waals surface area contributed by atoms with Crippen molar-refractivity contribution in [3.63, 3.8) is 0 Å². The second kappa shape index (κ2) is 19.2. The average Bonchev–Trinajstić information content (AvgIpc) is 3.09. The van der Waals surface area contributed by atoms with E-state index in [1.54, 1.807) is 48.5 Å². The maximum atomic E-state index is 13.1. The molecule has 0 amide bonds. The molecule has 17 nitrogen and oxygen atoms in total. The Labute approximate surface area is 304 Å². The molecule has 288 valence electrons. The van der Waals surface area contributed by atoms with E-state index in [2.05, 4.69) is 0 Å². The molecule has 2 fully saturated rings. The first-order valence-corrected chi connectivity index (χ1v) is 16.6. The zero-order chi connectivity index (χ0) is 38.7. The number of rotatable bonds is 14. The van der Waals surface area contributed by atoms with Crippen LogP contribution in [0.4, 0.5) is 0 Å². The van der Waals surface area contributed by atoms with Gasteiger partial charge in [0.15, 0.2) is 43.1 Å². The monoisotopic (exact) mass is 746 g/mol. The van der Waals surface area contributed by atoms with Crippen molar-refractivity contribution in [3.05, 3.63) is 71.8 Å². The lowest BCUT2D eigenvalue weighted by Gasteiger charge is -2.46. The molecule has 0 radical (unpaired) electrons. The van der Waals surface area contributed by atoms with Gasteiger partial charge in [-0.25, -0.2) is 4.79 Å². The van der Waals surface area contributed by atoms with Gasteiger partial charge in [0.05, 0.1) is 18.8 Å². The van der Waals surface area contributed by atoms with Gasteiger partial charge < -0.3 is 52.5 Å². The van der Waals surface area contributed by atoms with Crippen LogP contribution in [0.1, 0.15) is 50.5 Å². The Morgan fingerprint density at radius 1 is 0.547 bits per heavy atom. The second-order valence-electron chi connectivity index (χ2n) is 12.0. The maximum Gasteiger partial charge on any atom is 0.338 e. The average molecular weight is 747 g/mol. The SMILES string of the molecule is CC(=O)OC[C@H]1O[C@H](OC[C@H]2O[C@@H](O)[C@@H](OC(=O)c3ccccc3)[C@@H](OCc3ccccc3)[C@@H]2OC(C)=O)[C@@H](OC(C)=O)[C@@H](OC(C)=O)[C@@H]1OC(C)=O. The summed E-state index contributed by atoms with van der Waals surface area (Å²) < 4.78 is 56.7. The smallest absolute Gasteiger partial charge is 0.338 e. The Bertz CT molecular complexity index is 1570. The molecule has 2 aromatic carbocycles. The highest BCUT2D eigenvalue weighted by atomic mass is 16.7. The third-order valence-corrected chi connectivity index (χ3v) is 7.82. The van der Waals surface area contributed by atoms with E-state index in [4.69, 9.17) is 47.4 Å². The largest absolute Gasteiger partial charge is 0.463 e. The number of hydrogen-bond acceptors (Lipinski definition) is 17. The molecular formula is C36H42O17. The van der Waals surface area contributed by atoms with Crippen molar-refractivity contribution in [3.8, 4) is 0 Å². The number of benzene rings is 2. The molecule has 0 bridgehead atoms. The van der Waals surface area contributed by atoms with Crippen molar-refractivity contribution >= 4 is 35.8 Å². The van der Waals surface area contributed by atoms with Crippen LogP contribution in [0.15, 0.2) is 60.7 Å². The minimum atomic E-state index is -1.85. The molecule has 0 saturated carbocycles. The molecule has 2 aromatic rings. The summed E-state index contributed by atoms with van der Waals surface area (Å²) in [5.74, 6) is -4.84. The topological polar surface area (TPSA) is 215 Å². The van der Waals surface area contributed by atoms with Crippen LogP contribution in [-0.4, -0.2) is 116 Å². The molecule has 0 unspecified atom stereocenters. The first kappa shape index (κ1) is 40.8. The van der Waals surface area contributed by atoms with E-state index in [0.29, 0.717) is 5.56 Å². The molecule has 0 aliphatic carbocycles. The van der Waals surface area contributed by atoms with Crippen LogP contribution in [0.3, 0.4) is 0 Å². The first-order valence-electron chi connectivity index (χ1n) is 16.6. The fourth-order valence-electron chi connectivity index (χ4n) is 5.72. The molecule has 2 aliphatic rings. The highest BCUT2D eigenvalue weighted by Gasteiger charge is 2.55. The number of aliphatic hydroxyl groups excluding tert-OH is 1. The van der Waals surface area contributed by atoms with Crippen LogP contribution < -0.4 is 0 Å². The summed E-state index contributed by atoms with van der Waals surface area (Å²) in [6.07, 6.45) is -14.9. The third kappa shape index (κ3) is 11.8. The van der Waals surface area contributed by atoms with Crippen LogP contribution in [0, 0.1) is 0 Å². The van der Waals surface area contributed by atoms with Crippen LogP contribution in [0.5, 0.6) is 0 Å². The van der Waals surface area contributed by atoms with Crippen LogP contribution in [0.2, 0.25) is 0 Å². The van der Waals surface area contributed by atoms with E-state index in [0.717, 1.165) is 34.6 Å². The molecule has 2 aliphatic heterocycles. The standard InChI is InChI=1S/C36H42O17/c1-19(37)44-17-27-29(48-21(3)39)31(49-22(4)40)33(50-23(5)41)36(52-27)46-18-26-28(47-20(2)38)30(45-16-24-12-8-6-9-13-24)32(35(43)51-26)53-34(42)25-14-10-7-11-15-25/h6-15,26-33,35-36,43H,16-18H2,1-5H3/t26-,27-,28-,29-,30+,31+,32+,33+,35-,36+/m1/s1. The lowest BCUT2D eigenvalue weighted by molar-refractivity contribution is -0.331. The van der Waals surface area contributed by atoms with Crippen molar-refractivity contribution in [2.45, 2.75) is 103 Å². The summed E-state index contributed by atoms with van der Waals surface area (Å²) in [6, 6.07) is 16.9. The zero-order valence-electron chi connectivity index (χ0n) is 29.6. The van der Waals surface area contributed by atoms with E-state index < -0.39 is 110 Å².